The molecule has 0 atom stereocenters. The van der Waals surface area contributed by atoms with E-state index in [1.165, 1.54) is 11.3 Å². The first kappa shape index (κ1) is 15.3. The summed E-state index contributed by atoms with van der Waals surface area (Å²) in [6.45, 7) is 4.24. The van der Waals surface area contributed by atoms with Crippen molar-refractivity contribution in [2.75, 3.05) is 6.61 Å². The molecule has 0 amide bonds. The van der Waals surface area contributed by atoms with Gasteiger partial charge >= 0.3 is 0 Å². The molecule has 0 radical (unpaired) electrons. The molecule has 0 saturated carbocycles. The number of rotatable bonds is 5. The molecular weight excluding hydrogens is 286 g/mol. The molecule has 1 N–H and O–H groups in total. The topological polar surface area (TPSA) is 59.1 Å². The summed E-state index contributed by atoms with van der Waals surface area (Å²) in [6.07, 6.45) is 0.777. The van der Waals surface area contributed by atoms with E-state index < -0.39 is 0 Å². The molecule has 6 heteroatoms. The molecule has 0 spiro atoms. The van der Waals surface area contributed by atoms with Gasteiger partial charge in [-0.2, -0.15) is 5.10 Å². The lowest BCUT2D eigenvalue weighted by molar-refractivity contribution is 0.375. The van der Waals surface area contributed by atoms with E-state index in [4.69, 9.17) is 4.74 Å². The van der Waals surface area contributed by atoms with Crippen molar-refractivity contribution in [2.45, 2.75) is 20.3 Å². The Morgan fingerprint density at radius 1 is 1.33 bits per heavy atom. The molecule has 0 aliphatic rings. The molecule has 1 aromatic heterocycles. The predicted octanol–water partition coefficient (Wildman–Crippen LogP) is 2.71. The van der Waals surface area contributed by atoms with E-state index in [1.54, 1.807) is 11.6 Å². The second-order valence-corrected chi connectivity index (χ2v) is 5.64. The van der Waals surface area contributed by atoms with Crippen molar-refractivity contribution in [2.24, 2.45) is 17.3 Å². The van der Waals surface area contributed by atoms with Gasteiger partial charge in [-0.3, -0.25) is 4.57 Å². The van der Waals surface area contributed by atoms with E-state index in [0.717, 1.165) is 22.8 Å². The van der Waals surface area contributed by atoms with Gasteiger partial charge in [-0.25, -0.2) is 0 Å². The van der Waals surface area contributed by atoms with Gasteiger partial charge in [0, 0.05) is 7.05 Å². The Kier molecular flexibility index (Phi) is 5.16. The van der Waals surface area contributed by atoms with Crippen molar-refractivity contribution in [3.05, 3.63) is 40.0 Å². The fraction of sp³-hybridized carbons (Fsp3) is 0.333. The Balaban J connectivity index is 2.07. The summed E-state index contributed by atoms with van der Waals surface area (Å²) in [7, 11) is 1.77. The van der Waals surface area contributed by atoms with Crippen molar-refractivity contribution >= 4 is 17.0 Å². The first-order chi connectivity index (χ1) is 10.1. The van der Waals surface area contributed by atoms with Gasteiger partial charge < -0.3 is 9.84 Å². The van der Waals surface area contributed by atoms with E-state index >= 15 is 0 Å². The van der Waals surface area contributed by atoms with E-state index in [0.29, 0.717) is 11.4 Å². The van der Waals surface area contributed by atoms with Crippen molar-refractivity contribution in [1.82, 2.24) is 4.57 Å². The standard InChI is InChI=1S/C15H19N3O2S/c1-4-13-14(19)18(3)15(21-13)17-16-11(2)10-20-12-8-6-5-7-9-12/h5-9,19H,4,10H2,1-3H3/b16-11+,17-15?. The van der Waals surface area contributed by atoms with Gasteiger partial charge in [-0.15, -0.1) is 5.10 Å². The first-order valence-electron chi connectivity index (χ1n) is 6.74. The zero-order chi connectivity index (χ0) is 15.2. The van der Waals surface area contributed by atoms with Gasteiger partial charge in [0.2, 0.25) is 10.7 Å². The summed E-state index contributed by atoms with van der Waals surface area (Å²) in [4.78, 5) is 1.58. The maximum atomic E-state index is 9.88. The van der Waals surface area contributed by atoms with Gasteiger partial charge in [0.1, 0.15) is 12.4 Å². The Morgan fingerprint density at radius 3 is 2.67 bits per heavy atom. The number of hydrogen-bond acceptors (Lipinski definition) is 5. The SMILES string of the molecule is CCc1sc(=N/N=C(\C)COc2ccccc2)n(C)c1O. The lowest BCUT2D eigenvalue weighted by atomic mass is 10.3. The normalized spacial score (nSPS) is 12.7. The van der Waals surface area contributed by atoms with Crippen molar-refractivity contribution < 1.29 is 9.84 Å². The molecule has 2 aromatic rings. The Labute approximate surface area is 127 Å². The van der Waals surface area contributed by atoms with Crippen LogP contribution in [0.5, 0.6) is 11.6 Å². The molecule has 112 valence electrons. The van der Waals surface area contributed by atoms with E-state index in [2.05, 4.69) is 10.2 Å². The number of hydrogen-bond donors (Lipinski definition) is 1. The number of aromatic nitrogens is 1. The monoisotopic (exact) mass is 305 g/mol. The number of para-hydroxylation sites is 1. The maximum absolute atomic E-state index is 9.88. The Hall–Kier alpha value is -2.08. The number of aromatic hydroxyl groups is 1. The lowest BCUT2D eigenvalue weighted by Gasteiger charge is -2.03. The largest absolute Gasteiger partial charge is 0.494 e. The smallest absolute Gasteiger partial charge is 0.213 e. The predicted molar refractivity (Wildman–Crippen MR) is 84.9 cm³/mol. The van der Waals surface area contributed by atoms with Crippen LogP contribution in [0, 0.1) is 0 Å². The van der Waals surface area contributed by atoms with Crippen molar-refractivity contribution in [3.63, 3.8) is 0 Å². The van der Waals surface area contributed by atoms with Crippen LogP contribution in [0.3, 0.4) is 0 Å². The highest BCUT2D eigenvalue weighted by Crippen LogP contribution is 2.18. The molecule has 0 saturated heterocycles. The van der Waals surface area contributed by atoms with Crippen LogP contribution in [0.25, 0.3) is 0 Å². The highest BCUT2D eigenvalue weighted by Gasteiger charge is 2.07. The minimum Gasteiger partial charge on any atom is -0.494 e. The van der Waals surface area contributed by atoms with Crippen LogP contribution in [0.1, 0.15) is 18.7 Å². The molecule has 0 aliphatic heterocycles. The van der Waals surface area contributed by atoms with Gasteiger partial charge in [-0.05, 0) is 25.5 Å². The molecule has 21 heavy (non-hydrogen) atoms. The molecule has 1 heterocycles. The summed E-state index contributed by atoms with van der Waals surface area (Å²) in [5, 5.41) is 18.2. The third-order valence-corrected chi connectivity index (χ3v) is 4.14. The molecule has 0 unspecified atom stereocenters. The van der Waals surface area contributed by atoms with Crippen LogP contribution in [-0.4, -0.2) is 22.0 Å². The van der Waals surface area contributed by atoms with Crippen LogP contribution in [0.2, 0.25) is 0 Å². The lowest BCUT2D eigenvalue weighted by Crippen LogP contribution is -2.11. The molecule has 0 fully saturated rings. The minimum atomic E-state index is 0.259. The van der Waals surface area contributed by atoms with Gasteiger partial charge in [0.05, 0.1) is 10.6 Å². The van der Waals surface area contributed by atoms with Crippen LogP contribution in [-0.2, 0) is 13.5 Å². The van der Waals surface area contributed by atoms with Gasteiger partial charge in [0.25, 0.3) is 0 Å². The number of ether oxygens (including phenoxy) is 1. The molecule has 1 aromatic carbocycles. The quantitative estimate of drug-likeness (QED) is 0.682. The summed E-state index contributed by atoms with van der Waals surface area (Å²) in [5.41, 5.74) is 0.768. The third kappa shape index (κ3) is 3.95. The third-order valence-electron chi connectivity index (χ3n) is 2.89. The first-order valence-corrected chi connectivity index (χ1v) is 7.56. The van der Waals surface area contributed by atoms with Gasteiger partial charge in [0.15, 0.2) is 0 Å². The summed E-state index contributed by atoms with van der Waals surface area (Å²) in [6, 6.07) is 9.59. The fourth-order valence-corrected chi connectivity index (χ4v) is 2.58. The van der Waals surface area contributed by atoms with Crippen LogP contribution in [0.4, 0.5) is 0 Å². The molecule has 0 bridgehead atoms. The molecule has 5 nitrogen and oxygen atoms in total. The highest BCUT2D eigenvalue weighted by atomic mass is 32.1. The average Bonchev–Trinajstić information content (AvgIpc) is 2.79. The van der Waals surface area contributed by atoms with Crippen LogP contribution >= 0.6 is 11.3 Å². The summed E-state index contributed by atoms with van der Waals surface area (Å²) in [5.74, 6) is 1.06. The van der Waals surface area contributed by atoms with Crippen molar-refractivity contribution in [1.29, 1.82) is 0 Å². The fourth-order valence-electron chi connectivity index (χ4n) is 1.68. The zero-order valence-electron chi connectivity index (χ0n) is 12.4. The van der Waals surface area contributed by atoms with Crippen molar-refractivity contribution in [3.8, 4) is 11.6 Å². The Bertz CT molecular complexity index is 687. The highest BCUT2D eigenvalue weighted by molar-refractivity contribution is 7.09. The average molecular weight is 305 g/mol. The number of nitrogens with zero attached hydrogens (tertiary/aromatic N) is 3. The van der Waals surface area contributed by atoms with E-state index in [1.807, 2.05) is 44.2 Å². The molecule has 2 rings (SSSR count). The number of thiazole rings is 1. The second-order valence-electron chi connectivity index (χ2n) is 4.58. The second kappa shape index (κ2) is 7.08. The number of benzene rings is 1. The molecular formula is C15H19N3O2S. The summed E-state index contributed by atoms with van der Waals surface area (Å²) >= 11 is 1.44. The van der Waals surface area contributed by atoms with E-state index in [9.17, 15) is 5.11 Å². The number of aryl methyl sites for hydroxylation is 1. The van der Waals surface area contributed by atoms with Crippen LogP contribution in [0.15, 0.2) is 40.5 Å². The maximum Gasteiger partial charge on any atom is 0.213 e. The zero-order valence-corrected chi connectivity index (χ0v) is 13.2. The van der Waals surface area contributed by atoms with Crippen LogP contribution < -0.4 is 9.54 Å². The molecule has 0 aliphatic carbocycles. The van der Waals surface area contributed by atoms with Gasteiger partial charge in [-0.1, -0.05) is 36.5 Å². The Morgan fingerprint density at radius 2 is 2.05 bits per heavy atom. The minimum absolute atomic E-state index is 0.259. The van der Waals surface area contributed by atoms with E-state index in [-0.39, 0.29) is 5.88 Å². The summed E-state index contributed by atoms with van der Waals surface area (Å²) < 4.78 is 7.23.